The number of hydrogen-bond acceptors (Lipinski definition) is 6. The maximum Gasteiger partial charge on any atom is 0.243 e. The van der Waals surface area contributed by atoms with Gasteiger partial charge in [-0.3, -0.25) is 4.79 Å². The number of piperidine rings is 1. The number of carbonyl (C=O) groups is 1. The monoisotopic (exact) mass is 476 g/mol. The average Bonchev–Trinajstić information content (AvgIpc) is 3.76. The number of nitrogens with zero attached hydrogens (tertiary/aromatic N) is 2. The molecule has 2 saturated heterocycles. The van der Waals surface area contributed by atoms with Crippen LogP contribution in [-0.2, 0) is 19.6 Å². The first kappa shape index (κ1) is 22.9. The Bertz CT molecular complexity index is 937. The van der Waals surface area contributed by atoms with Crippen LogP contribution in [0, 0.1) is 11.8 Å². The van der Waals surface area contributed by atoms with Crippen LogP contribution >= 0.6 is 0 Å². The summed E-state index contributed by atoms with van der Waals surface area (Å²) in [6.07, 6.45) is 7.74. The number of amides is 1. The molecule has 2 aliphatic carbocycles. The summed E-state index contributed by atoms with van der Waals surface area (Å²) in [7, 11) is -3.55. The highest BCUT2D eigenvalue weighted by Gasteiger charge is 2.42. The molecule has 0 bridgehead atoms. The minimum Gasteiger partial charge on any atom is -0.378 e. The first-order chi connectivity index (χ1) is 16.0. The molecule has 4 aliphatic rings. The number of ether oxygens (including phenoxy) is 1. The van der Waals surface area contributed by atoms with Gasteiger partial charge in [-0.05, 0) is 68.6 Å². The highest BCUT2D eigenvalue weighted by molar-refractivity contribution is 7.89. The van der Waals surface area contributed by atoms with Gasteiger partial charge >= 0.3 is 0 Å². The molecular weight excluding hydrogens is 440 g/mol. The molecule has 182 valence electrons. The van der Waals surface area contributed by atoms with Crippen LogP contribution in [0.15, 0.2) is 23.1 Å². The fourth-order valence-corrected chi connectivity index (χ4v) is 6.64. The molecule has 9 heteroatoms. The molecule has 1 aromatic rings. The van der Waals surface area contributed by atoms with Gasteiger partial charge in [-0.1, -0.05) is 6.42 Å². The SMILES string of the molecule is O=C(CNc1cc(S(=O)(=O)N2CCCCC2)ccc1N1CCOCC1)NC(C1CC1)C1CC1. The van der Waals surface area contributed by atoms with E-state index >= 15 is 0 Å². The third-order valence-corrected chi connectivity index (χ3v) is 9.19. The molecule has 2 saturated carbocycles. The van der Waals surface area contributed by atoms with E-state index in [1.807, 2.05) is 6.07 Å². The third kappa shape index (κ3) is 5.46. The molecule has 8 nitrogen and oxygen atoms in total. The second-order valence-corrected chi connectivity index (χ2v) is 11.8. The Balaban J connectivity index is 1.33. The van der Waals surface area contributed by atoms with Gasteiger partial charge in [0, 0.05) is 32.2 Å². The molecule has 0 radical (unpaired) electrons. The van der Waals surface area contributed by atoms with E-state index in [0.29, 0.717) is 49.9 Å². The van der Waals surface area contributed by atoms with Gasteiger partial charge in [0.25, 0.3) is 0 Å². The quantitative estimate of drug-likeness (QED) is 0.569. The number of hydrogen-bond donors (Lipinski definition) is 2. The normalized spacial score (nSPS) is 22.4. The molecule has 0 aromatic heterocycles. The lowest BCUT2D eigenvalue weighted by atomic mass is 10.1. The van der Waals surface area contributed by atoms with E-state index in [0.717, 1.165) is 38.0 Å². The maximum atomic E-state index is 13.3. The van der Waals surface area contributed by atoms with E-state index in [2.05, 4.69) is 15.5 Å². The predicted molar refractivity (Wildman–Crippen MR) is 128 cm³/mol. The highest BCUT2D eigenvalue weighted by Crippen LogP contribution is 2.44. The van der Waals surface area contributed by atoms with E-state index in [1.54, 1.807) is 16.4 Å². The van der Waals surface area contributed by atoms with Crippen molar-refractivity contribution >= 4 is 27.3 Å². The van der Waals surface area contributed by atoms with Crippen LogP contribution in [0.25, 0.3) is 0 Å². The average molecular weight is 477 g/mol. The lowest BCUT2D eigenvalue weighted by molar-refractivity contribution is -0.120. The van der Waals surface area contributed by atoms with Crippen molar-refractivity contribution in [1.82, 2.24) is 9.62 Å². The Kier molecular flexibility index (Phi) is 6.81. The van der Waals surface area contributed by atoms with Gasteiger partial charge in [-0.15, -0.1) is 0 Å². The summed E-state index contributed by atoms with van der Waals surface area (Å²) >= 11 is 0. The summed E-state index contributed by atoms with van der Waals surface area (Å²) in [5.74, 6) is 1.27. The molecule has 4 fully saturated rings. The van der Waals surface area contributed by atoms with E-state index in [-0.39, 0.29) is 17.3 Å². The van der Waals surface area contributed by atoms with E-state index < -0.39 is 10.0 Å². The summed E-state index contributed by atoms with van der Waals surface area (Å²) in [4.78, 5) is 15.3. The predicted octanol–water partition coefficient (Wildman–Crippen LogP) is 2.41. The summed E-state index contributed by atoms with van der Waals surface area (Å²) in [5.41, 5.74) is 1.61. The fraction of sp³-hybridized carbons (Fsp3) is 0.708. The molecule has 5 rings (SSSR count). The zero-order valence-corrected chi connectivity index (χ0v) is 20.1. The Morgan fingerprint density at radius 2 is 1.67 bits per heavy atom. The molecule has 2 aliphatic heterocycles. The molecule has 0 spiro atoms. The minimum atomic E-state index is -3.55. The standard InChI is InChI=1S/C24H36N4O4S/c29-23(26-24(18-4-5-18)19-6-7-19)17-25-21-16-20(33(30,31)28-10-2-1-3-11-28)8-9-22(21)27-12-14-32-15-13-27/h8-9,16,18-19,24-25H,1-7,10-15,17H2,(H,26,29). The summed E-state index contributed by atoms with van der Waals surface area (Å²) in [6, 6.07) is 5.60. The second-order valence-electron chi connectivity index (χ2n) is 9.86. The Labute approximate surface area is 197 Å². The van der Waals surface area contributed by atoms with Crippen molar-refractivity contribution in [3.05, 3.63) is 18.2 Å². The summed E-state index contributed by atoms with van der Waals surface area (Å²) in [6.45, 7) is 4.04. The van der Waals surface area contributed by atoms with E-state index in [4.69, 9.17) is 4.74 Å². The zero-order valence-electron chi connectivity index (χ0n) is 19.3. The molecule has 0 atom stereocenters. The fourth-order valence-electron chi connectivity index (χ4n) is 5.10. The smallest absolute Gasteiger partial charge is 0.243 e. The van der Waals surface area contributed by atoms with E-state index in [1.165, 1.54) is 25.7 Å². The van der Waals surface area contributed by atoms with Crippen LogP contribution in [-0.4, -0.2) is 70.6 Å². The van der Waals surface area contributed by atoms with Gasteiger partial charge in [-0.2, -0.15) is 4.31 Å². The molecule has 33 heavy (non-hydrogen) atoms. The highest BCUT2D eigenvalue weighted by atomic mass is 32.2. The van der Waals surface area contributed by atoms with Crippen LogP contribution in [0.3, 0.4) is 0 Å². The molecule has 0 unspecified atom stereocenters. The topological polar surface area (TPSA) is 91.0 Å². The summed E-state index contributed by atoms with van der Waals surface area (Å²) in [5, 5.41) is 6.52. The van der Waals surface area contributed by atoms with Crippen molar-refractivity contribution < 1.29 is 17.9 Å². The number of morpholine rings is 1. The molecular formula is C24H36N4O4S. The molecule has 1 aromatic carbocycles. The second kappa shape index (κ2) is 9.80. The Morgan fingerprint density at radius 1 is 1.00 bits per heavy atom. The maximum absolute atomic E-state index is 13.3. The number of benzene rings is 1. The van der Waals surface area contributed by atoms with E-state index in [9.17, 15) is 13.2 Å². The number of rotatable bonds is 9. The van der Waals surface area contributed by atoms with Crippen LogP contribution in [0.2, 0.25) is 0 Å². The first-order valence-corrected chi connectivity index (χ1v) is 14.0. The molecule has 2 N–H and O–H groups in total. The van der Waals surface area contributed by atoms with Crippen molar-refractivity contribution in [2.45, 2.75) is 55.9 Å². The van der Waals surface area contributed by atoms with Crippen molar-refractivity contribution in [3.63, 3.8) is 0 Å². The lowest BCUT2D eigenvalue weighted by Crippen LogP contribution is -2.41. The number of sulfonamides is 1. The minimum absolute atomic E-state index is 0.0176. The van der Waals surface area contributed by atoms with Crippen LogP contribution < -0.4 is 15.5 Å². The number of nitrogens with one attached hydrogen (secondary N) is 2. The van der Waals surface area contributed by atoms with Gasteiger partial charge in [0.2, 0.25) is 15.9 Å². The van der Waals surface area contributed by atoms with Crippen LogP contribution in [0.5, 0.6) is 0 Å². The third-order valence-electron chi connectivity index (χ3n) is 7.30. The Morgan fingerprint density at radius 3 is 2.30 bits per heavy atom. The summed E-state index contributed by atoms with van der Waals surface area (Å²) < 4.78 is 33.6. The van der Waals surface area contributed by atoms with Gasteiger partial charge < -0.3 is 20.3 Å². The van der Waals surface area contributed by atoms with Crippen molar-refractivity contribution in [2.24, 2.45) is 11.8 Å². The van der Waals surface area contributed by atoms with Gasteiger partial charge in [0.1, 0.15) is 0 Å². The number of carbonyl (C=O) groups excluding carboxylic acids is 1. The van der Waals surface area contributed by atoms with Crippen LogP contribution in [0.4, 0.5) is 11.4 Å². The largest absolute Gasteiger partial charge is 0.378 e. The van der Waals surface area contributed by atoms with Crippen molar-refractivity contribution in [1.29, 1.82) is 0 Å². The van der Waals surface area contributed by atoms with Gasteiger partial charge in [-0.25, -0.2) is 8.42 Å². The lowest BCUT2D eigenvalue weighted by Gasteiger charge is -2.31. The Hall–Kier alpha value is -1.84. The first-order valence-electron chi connectivity index (χ1n) is 12.5. The van der Waals surface area contributed by atoms with Crippen molar-refractivity contribution in [2.75, 3.05) is 56.2 Å². The van der Waals surface area contributed by atoms with Crippen molar-refractivity contribution in [3.8, 4) is 0 Å². The zero-order chi connectivity index (χ0) is 22.8. The molecule has 1 amide bonds. The van der Waals surface area contributed by atoms with Gasteiger partial charge in [0.05, 0.1) is 36.0 Å². The number of anilines is 2. The van der Waals surface area contributed by atoms with Gasteiger partial charge in [0.15, 0.2) is 0 Å². The van der Waals surface area contributed by atoms with Crippen LogP contribution in [0.1, 0.15) is 44.9 Å². The molecule has 2 heterocycles.